The number of rotatable bonds is 12. The van der Waals surface area contributed by atoms with E-state index in [0.717, 1.165) is 35.1 Å². The number of benzene rings is 4. The zero-order valence-corrected chi connectivity index (χ0v) is 33.7. The average Bonchev–Trinajstić information content (AvgIpc) is 3.45. The van der Waals surface area contributed by atoms with E-state index >= 15 is 0 Å². The van der Waals surface area contributed by atoms with Crippen LogP contribution in [0.4, 0.5) is 0 Å². The lowest BCUT2D eigenvalue weighted by atomic mass is 9.93. The number of thiazole rings is 1. The molecule has 0 spiro atoms. The molecular formula is C40H34I2N2O7S. The predicted octanol–water partition coefficient (Wildman–Crippen LogP) is 7.30. The maximum atomic E-state index is 14.4. The molecule has 0 fully saturated rings. The van der Waals surface area contributed by atoms with Crippen LogP contribution in [0.5, 0.6) is 11.5 Å². The van der Waals surface area contributed by atoms with Crippen LogP contribution in [0, 0.1) is 7.14 Å². The Morgan fingerprint density at radius 1 is 0.827 bits per heavy atom. The fourth-order valence-corrected chi connectivity index (χ4v) is 8.86. The van der Waals surface area contributed by atoms with Crippen LogP contribution in [0.15, 0.2) is 106 Å². The molecule has 1 atom stereocenters. The van der Waals surface area contributed by atoms with Crippen LogP contribution < -0.4 is 24.4 Å². The summed E-state index contributed by atoms with van der Waals surface area (Å²) < 4.78 is 26.3. The topological polar surface area (TPSA) is 105 Å². The van der Waals surface area contributed by atoms with Crippen molar-refractivity contribution >= 4 is 80.2 Å². The second kappa shape index (κ2) is 17.0. The molecular weight excluding hydrogens is 906 g/mol. The molecule has 0 bridgehead atoms. The minimum atomic E-state index is -0.786. The number of nitrogens with zero attached hydrogens (tertiary/aromatic N) is 2. The Hall–Kier alpha value is -4.28. The minimum absolute atomic E-state index is 0.170. The van der Waals surface area contributed by atoms with Gasteiger partial charge in [-0.15, -0.1) is 0 Å². The fourth-order valence-electron chi connectivity index (χ4n) is 5.73. The maximum absolute atomic E-state index is 14.4. The summed E-state index contributed by atoms with van der Waals surface area (Å²) in [7, 11) is 0. The van der Waals surface area contributed by atoms with Gasteiger partial charge in [-0.2, -0.15) is 0 Å². The molecule has 0 saturated heterocycles. The molecule has 0 aliphatic carbocycles. The van der Waals surface area contributed by atoms with Gasteiger partial charge in [0.15, 0.2) is 4.80 Å². The predicted molar refractivity (Wildman–Crippen MR) is 217 cm³/mol. The van der Waals surface area contributed by atoms with Gasteiger partial charge >= 0.3 is 11.9 Å². The third kappa shape index (κ3) is 8.18. The van der Waals surface area contributed by atoms with Gasteiger partial charge in [0.1, 0.15) is 18.1 Å². The second-order valence-corrected chi connectivity index (χ2v) is 14.8. The summed E-state index contributed by atoms with van der Waals surface area (Å²) in [6.07, 6.45) is 1.84. The van der Waals surface area contributed by atoms with Gasteiger partial charge in [-0.1, -0.05) is 65.9 Å². The third-order valence-corrected chi connectivity index (χ3v) is 10.6. The Labute approximate surface area is 331 Å². The molecule has 0 saturated carbocycles. The van der Waals surface area contributed by atoms with Crippen LogP contribution in [0.1, 0.15) is 59.4 Å². The Morgan fingerprint density at radius 2 is 1.48 bits per heavy atom. The van der Waals surface area contributed by atoms with Crippen molar-refractivity contribution in [2.24, 2.45) is 4.99 Å². The molecule has 0 unspecified atom stereocenters. The molecule has 0 amide bonds. The van der Waals surface area contributed by atoms with Crippen molar-refractivity contribution in [1.29, 1.82) is 0 Å². The summed E-state index contributed by atoms with van der Waals surface area (Å²) in [5, 5.41) is 0. The Morgan fingerprint density at radius 3 is 2.12 bits per heavy atom. The summed E-state index contributed by atoms with van der Waals surface area (Å²) in [5.41, 5.74) is 4.16. The molecule has 1 aliphatic rings. The zero-order valence-electron chi connectivity index (χ0n) is 28.6. The van der Waals surface area contributed by atoms with E-state index in [1.165, 1.54) is 11.3 Å². The second-order valence-electron chi connectivity index (χ2n) is 11.5. The number of fused-ring (bicyclic) bond motifs is 1. The Kier molecular flexibility index (Phi) is 12.3. The average molecular weight is 941 g/mol. The van der Waals surface area contributed by atoms with Gasteiger partial charge in [-0.25, -0.2) is 14.6 Å². The number of halogens is 2. The number of carbonyl (C=O) groups is 2. The molecule has 2 heterocycles. The summed E-state index contributed by atoms with van der Waals surface area (Å²) in [6, 6.07) is 27.2. The lowest BCUT2D eigenvalue weighted by molar-refractivity contribution is -0.138. The Bertz CT molecular complexity index is 2290. The number of hydrogen-bond acceptors (Lipinski definition) is 9. The van der Waals surface area contributed by atoms with E-state index in [-0.39, 0.29) is 23.7 Å². The van der Waals surface area contributed by atoms with Crippen LogP contribution in [0.3, 0.4) is 0 Å². The van der Waals surface area contributed by atoms with E-state index in [1.54, 1.807) is 30.5 Å². The molecule has 5 aromatic rings. The van der Waals surface area contributed by atoms with Crippen molar-refractivity contribution in [2.45, 2.75) is 33.4 Å². The lowest BCUT2D eigenvalue weighted by Crippen LogP contribution is -2.40. The fraction of sp³-hybridized carbons (Fsp3) is 0.200. The van der Waals surface area contributed by atoms with E-state index in [2.05, 4.69) is 45.2 Å². The van der Waals surface area contributed by atoms with E-state index in [1.807, 2.05) is 91.9 Å². The standard InChI is InChI=1S/C40H34I2N2O7S/c1-4-48-29-18-16-27(17-19-29)35-33(39(47)50-6-3)34(26-10-8-7-9-11-26)43-40-44(35)37(45)32(52-40)22-25-20-30(41)36(31(42)21-25)51-23-24-12-14-28(15-13-24)38(46)49-5-2/h7-22,35H,4-6,23H2,1-3H3/b32-22-/t35-/m1/s1. The van der Waals surface area contributed by atoms with Gasteiger partial charge in [0, 0.05) is 5.56 Å². The zero-order chi connectivity index (χ0) is 36.8. The number of hydrogen-bond donors (Lipinski definition) is 0. The summed E-state index contributed by atoms with van der Waals surface area (Å²) in [5.74, 6) is 0.515. The van der Waals surface area contributed by atoms with Crippen molar-refractivity contribution in [1.82, 2.24) is 4.57 Å². The summed E-state index contributed by atoms with van der Waals surface area (Å²) >= 11 is 5.74. The van der Waals surface area contributed by atoms with Crippen LogP contribution in [-0.4, -0.2) is 36.3 Å². The summed E-state index contributed by atoms with van der Waals surface area (Å²) in [6.45, 7) is 6.76. The molecule has 4 aromatic carbocycles. The van der Waals surface area contributed by atoms with E-state index < -0.39 is 12.0 Å². The van der Waals surface area contributed by atoms with Crippen molar-refractivity contribution in [3.63, 3.8) is 0 Å². The number of ether oxygens (including phenoxy) is 4. The quantitative estimate of drug-likeness (QED) is 0.0956. The van der Waals surface area contributed by atoms with Crippen LogP contribution in [0.25, 0.3) is 11.8 Å². The molecule has 52 heavy (non-hydrogen) atoms. The third-order valence-electron chi connectivity index (χ3n) is 8.05. The number of aromatic nitrogens is 1. The van der Waals surface area contributed by atoms with Crippen LogP contribution >= 0.6 is 56.5 Å². The maximum Gasteiger partial charge on any atom is 0.338 e. The van der Waals surface area contributed by atoms with Gasteiger partial charge in [-0.05, 0) is 125 Å². The van der Waals surface area contributed by atoms with E-state index in [9.17, 15) is 14.4 Å². The first-order chi connectivity index (χ1) is 25.2. The SMILES string of the molecule is CCOC(=O)C1=C(c2ccccc2)N=c2s/c(=C\c3cc(I)c(OCc4ccc(C(=O)OCC)cc4)c(I)c3)c(=O)n2[C@@H]1c1ccc(OCC)cc1. The van der Waals surface area contributed by atoms with Crippen molar-refractivity contribution in [3.05, 3.63) is 151 Å². The molecule has 0 radical (unpaired) electrons. The highest BCUT2D eigenvalue weighted by molar-refractivity contribution is 14.1. The normalized spacial score (nSPS) is 14.0. The number of esters is 2. The van der Waals surface area contributed by atoms with Crippen LogP contribution in [-0.2, 0) is 20.9 Å². The Balaban J connectivity index is 1.39. The smallest absolute Gasteiger partial charge is 0.338 e. The van der Waals surface area contributed by atoms with Crippen molar-refractivity contribution in [2.75, 3.05) is 19.8 Å². The highest BCUT2D eigenvalue weighted by atomic mass is 127. The molecule has 0 N–H and O–H groups in total. The van der Waals surface area contributed by atoms with Gasteiger partial charge in [0.05, 0.1) is 54.4 Å². The molecule has 1 aromatic heterocycles. The van der Waals surface area contributed by atoms with E-state index in [4.69, 9.17) is 23.9 Å². The van der Waals surface area contributed by atoms with Gasteiger partial charge in [-0.3, -0.25) is 9.36 Å². The molecule has 9 nitrogen and oxygen atoms in total. The number of carbonyl (C=O) groups excluding carboxylic acids is 2. The first kappa shape index (κ1) is 37.5. The van der Waals surface area contributed by atoms with Crippen LogP contribution in [0.2, 0.25) is 0 Å². The first-order valence-electron chi connectivity index (χ1n) is 16.6. The molecule has 6 rings (SSSR count). The largest absolute Gasteiger partial charge is 0.494 e. The lowest BCUT2D eigenvalue weighted by Gasteiger charge is -2.26. The molecule has 266 valence electrons. The molecule has 12 heteroatoms. The van der Waals surface area contributed by atoms with E-state index in [0.29, 0.717) is 46.2 Å². The van der Waals surface area contributed by atoms with Gasteiger partial charge < -0.3 is 18.9 Å². The minimum Gasteiger partial charge on any atom is -0.494 e. The van der Waals surface area contributed by atoms with Gasteiger partial charge in [0.25, 0.3) is 5.56 Å². The van der Waals surface area contributed by atoms with Gasteiger partial charge in [0.2, 0.25) is 0 Å². The summed E-state index contributed by atoms with van der Waals surface area (Å²) in [4.78, 5) is 45.5. The van der Waals surface area contributed by atoms with Crippen molar-refractivity contribution < 1.29 is 28.5 Å². The highest BCUT2D eigenvalue weighted by Crippen LogP contribution is 2.36. The monoisotopic (exact) mass is 940 g/mol. The van der Waals surface area contributed by atoms with Crippen molar-refractivity contribution in [3.8, 4) is 11.5 Å². The first-order valence-corrected chi connectivity index (χ1v) is 19.6. The highest BCUT2D eigenvalue weighted by Gasteiger charge is 2.35. The molecule has 1 aliphatic heterocycles.